The lowest BCUT2D eigenvalue weighted by molar-refractivity contribution is -0.156. The molecule has 2 aromatic rings. The minimum absolute atomic E-state index is 0.0809. The van der Waals surface area contributed by atoms with Gasteiger partial charge in [-0.1, -0.05) is 11.8 Å². The van der Waals surface area contributed by atoms with Crippen LogP contribution in [0.25, 0.3) is 0 Å². The third kappa shape index (κ3) is 4.45. The van der Waals surface area contributed by atoms with Crippen LogP contribution in [0, 0.1) is 4.91 Å². The number of hydrogen-bond donors (Lipinski definition) is 3. The molecule has 2 amide bonds. The van der Waals surface area contributed by atoms with Gasteiger partial charge in [0.05, 0.1) is 16.8 Å². The van der Waals surface area contributed by atoms with E-state index in [-0.39, 0.29) is 16.5 Å². The standard InChI is InChI=1S/C17H18N8O5S3/c1-24-5-19-22-17(24)33-6-32-9-3-2-8-11(14(27)25(8)12(9)15(28)29)21-13(26)10(23-30)7-4-31-16(18)20-7/h4-5,8,10-11H,2-3,6H2,1H3,(H2,18,20)(H,21,26)(H,28,29)/t8-,10?,11-/m0/s1. The van der Waals surface area contributed by atoms with Crippen LogP contribution in [0.4, 0.5) is 5.13 Å². The third-order valence-electron chi connectivity index (χ3n) is 5.16. The molecule has 2 aliphatic rings. The second-order valence-electron chi connectivity index (χ2n) is 7.13. The average Bonchev–Trinajstić information content (AvgIpc) is 3.39. The highest BCUT2D eigenvalue weighted by Crippen LogP contribution is 2.42. The number of nitrogens with zero attached hydrogens (tertiary/aromatic N) is 6. The van der Waals surface area contributed by atoms with Crippen molar-refractivity contribution in [3.8, 4) is 0 Å². The molecule has 16 heteroatoms. The minimum Gasteiger partial charge on any atom is -0.477 e. The summed E-state index contributed by atoms with van der Waals surface area (Å²) in [5, 5.41) is 25.7. The largest absolute Gasteiger partial charge is 0.477 e. The molecule has 33 heavy (non-hydrogen) atoms. The summed E-state index contributed by atoms with van der Waals surface area (Å²) in [6.45, 7) is 0. The number of carbonyl (C=O) groups excluding carboxylic acids is 2. The Morgan fingerprint density at radius 3 is 2.85 bits per heavy atom. The Hall–Kier alpha value is -2.98. The number of aromatic nitrogens is 4. The number of rotatable bonds is 9. The van der Waals surface area contributed by atoms with Crippen LogP contribution >= 0.6 is 34.9 Å². The van der Waals surface area contributed by atoms with E-state index < -0.39 is 35.9 Å². The number of thioether (sulfide) groups is 2. The SMILES string of the molecule is Cn1cnnc1SCSC1=C(C(=O)O)N2C(=O)[C@@H](NC(=O)C(N=O)c3csc(N)n3)[C@@H]2CC1. The van der Waals surface area contributed by atoms with E-state index >= 15 is 0 Å². The van der Waals surface area contributed by atoms with Gasteiger partial charge in [-0.3, -0.25) is 14.5 Å². The fraction of sp³-hybridized carbons (Fsp3) is 0.412. The van der Waals surface area contributed by atoms with Gasteiger partial charge in [0.2, 0.25) is 6.04 Å². The topological polar surface area (TPSA) is 186 Å². The molecular weight excluding hydrogens is 492 g/mol. The number of aryl methyl sites for hydroxylation is 1. The molecule has 0 radical (unpaired) electrons. The Morgan fingerprint density at radius 2 is 2.24 bits per heavy atom. The maximum Gasteiger partial charge on any atom is 0.353 e. The fourth-order valence-electron chi connectivity index (χ4n) is 3.62. The van der Waals surface area contributed by atoms with E-state index in [1.165, 1.54) is 33.8 Å². The molecule has 0 aliphatic carbocycles. The average molecular weight is 511 g/mol. The van der Waals surface area contributed by atoms with Gasteiger partial charge >= 0.3 is 5.97 Å². The zero-order valence-electron chi connectivity index (χ0n) is 17.1. The van der Waals surface area contributed by atoms with Crippen molar-refractivity contribution in [2.45, 2.75) is 36.1 Å². The molecule has 0 bridgehead atoms. The van der Waals surface area contributed by atoms with Crippen LogP contribution in [0.2, 0.25) is 0 Å². The van der Waals surface area contributed by atoms with E-state index in [1.54, 1.807) is 17.9 Å². The summed E-state index contributed by atoms with van der Waals surface area (Å²) >= 11 is 3.80. The van der Waals surface area contributed by atoms with E-state index in [0.29, 0.717) is 28.0 Å². The number of carboxylic acids is 1. The number of carbonyl (C=O) groups is 3. The minimum atomic E-state index is -1.44. The Labute approximate surface area is 199 Å². The van der Waals surface area contributed by atoms with Crippen molar-refractivity contribution in [1.29, 1.82) is 0 Å². The van der Waals surface area contributed by atoms with E-state index in [9.17, 15) is 24.4 Å². The van der Waals surface area contributed by atoms with Crippen molar-refractivity contribution in [3.63, 3.8) is 0 Å². The Morgan fingerprint density at radius 1 is 1.45 bits per heavy atom. The lowest BCUT2D eigenvalue weighted by Crippen LogP contribution is -2.71. The van der Waals surface area contributed by atoms with Gasteiger partial charge < -0.3 is 20.7 Å². The normalized spacial score (nSPS) is 20.8. The van der Waals surface area contributed by atoms with Gasteiger partial charge in [-0.15, -0.1) is 38.2 Å². The number of allylic oxidation sites excluding steroid dienone is 1. The summed E-state index contributed by atoms with van der Waals surface area (Å²) in [7, 11) is 1.81. The predicted octanol–water partition coefficient (Wildman–Crippen LogP) is 0.930. The number of amides is 2. The first-order valence-electron chi connectivity index (χ1n) is 9.54. The number of aliphatic carboxylic acids is 1. The molecule has 2 aromatic heterocycles. The number of β-lactam (4-membered cyclic amide) rings is 1. The number of hydrogen-bond acceptors (Lipinski definition) is 12. The zero-order valence-corrected chi connectivity index (χ0v) is 19.5. The van der Waals surface area contributed by atoms with Crippen LogP contribution in [-0.2, 0) is 21.4 Å². The van der Waals surface area contributed by atoms with E-state index in [2.05, 4.69) is 25.7 Å². The van der Waals surface area contributed by atoms with Gasteiger partial charge in [-0.25, -0.2) is 9.78 Å². The molecule has 3 atom stereocenters. The van der Waals surface area contributed by atoms with Crippen LogP contribution in [-0.4, -0.2) is 64.7 Å². The summed E-state index contributed by atoms with van der Waals surface area (Å²) < 4.78 is 1.75. The molecule has 13 nitrogen and oxygen atoms in total. The third-order valence-corrected chi connectivity index (χ3v) is 8.17. The number of nitrogens with two attached hydrogens (primary N) is 1. The highest BCUT2D eigenvalue weighted by atomic mass is 32.2. The maximum absolute atomic E-state index is 12.8. The molecule has 0 spiro atoms. The molecule has 1 fully saturated rings. The summed E-state index contributed by atoms with van der Waals surface area (Å²) in [4.78, 5) is 54.2. The number of fused-ring (bicyclic) bond motifs is 1. The van der Waals surface area contributed by atoms with E-state index in [4.69, 9.17) is 5.73 Å². The van der Waals surface area contributed by atoms with Crippen molar-refractivity contribution in [1.82, 2.24) is 30.0 Å². The van der Waals surface area contributed by atoms with Gasteiger partial charge in [-0.2, -0.15) is 0 Å². The van der Waals surface area contributed by atoms with Crippen molar-refractivity contribution < 1.29 is 19.5 Å². The fourth-order valence-corrected chi connectivity index (χ4v) is 6.37. The number of nitroso groups, excluding NO2 is 1. The van der Waals surface area contributed by atoms with E-state index in [0.717, 1.165) is 11.3 Å². The molecule has 4 heterocycles. The maximum atomic E-state index is 12.8. The number of anilines is 1. The molecule has 0 aromatic carbocycles. The lowest BCUT2D eigenvalue weighted by atomic mass is 9.86. The molecule has 0 saturated carbocycles. The predicted molar refractivity (Wildman–Crippen MR) is 121 cm³/mol. The van der Waals surface area contributed by atoms with Gasteiger partial charge in [0.1, 0.15) is 18.1 Å². The van der Waals surface area contributed by atoms with Crippen LogP contribution in [0.15, 0.2) is 32.6 Å². The summed E-state index contributed by atoms with van der Waals surface area (Å²) in [5.74, 6) is -2.55. The monoisotopic (exact) mass is 510 g/mol. The number of thiazole rings is 1. The molecule has 2 aliphatic heterocycles. The first-order chi connectivity index (χ1) is 15.8. The Kier molecular flexibility index (Phi) is 6.66. The molecule has 1 saturated heterocycles. The van der Waals surface area contributed by atoms with Crippen LogP contribution in [0.5, 0.6) is 0 Å². The van der Waals surface area contributed by atoms with Gasteiger partial charge in [-0.05, 0) is 18.0 Å². The number of carboxylic acid groups (broad SMARTS) is 1. The summed E-state index contributed by atoms with van der Waals surface area (Å²) in [6, 6.07) is -2.90. The molecule has 1 unspecified atom stereocenters. The summed E-state index contributed by atoms with van der Waals surface area (Å²) in [6.07, 6.45) is 2.47. The first-order valence-corrected chi connectivity index (χ1v) is 12.4. The van der Waals surface area contributed by atoms with Gasteiger partial charge in [0, 0.05) is 17.3 Å². The highest BCUT2D eigenvalue weighted by Gasteiger charge is 2.54. The first kappa shape index (κ1) is 23.2. The lowest BCUT2D eigenvalue weighted by Gasteiger charge is -2.50. The van der Waals surface area contributed by atoms with Crippen molar-refractivity contribution in [2.24, 2.45) is 12.2 Å². The van der Waals surface area contributed by atoms with Gasteiger partial charge in [0.15, 0.2) is 10.3 Å². The summed E-state index contributed by atoms with van der Waals surface area (Å²) in [5.41, 5.74) is 5.56. The zero-order chi connectivity index (χ0) is 23.7. The van der Waals surface area contributed by atoms with Crippen LogP contribution in [0.1, 0.15) is 24.6 Å². The van der Waals surface area contributed by atoms with Crippen LogP contribution in [0.3, 0.4) is 0 Å². The van der Waals surface area contributed by atoms with Crippen molar-refractivity contribution >= 4 is 57.8 Å². The van der Waals surface area contributed by atoms with Crippen LogP contribution < -0.4 is 11.1 Å². The van der Waals surface area contributed by atoms with Crippen molar-refractivity contribution in [3.05, 3.63) is 32.9 Å². The smallest absolute Gasteiger partial charge is 0.353 e. The Balaban J connectivity index is 1.43. The molecule has 174 valence electrons. The second-order valence-corrected chi connectivity index (χ2v) is 10.4. The van der Waals surface area contributed by atoms with Gasteiger partial charge in [0.25, 0.3) is 11.8 Å². The molecule has 4 rings (SSSR count). The van der Waals surface area contributed by atoms with Crippen molar-refractivity contribution in [2.75, 3.05) is 10.8 Å². The molecular formula is C17H18N8O5S3. The molecule has 4 N–H and O–H groups in total. The Bertz CT molecular complexity index is 1150. The number of nitrogens with one attached hydrogen (secondary N) is 1. The quantitative estimate of drug-likeness (QED) is 0.188. The number of nitrogen functional groups attached to an aromatic ring is 1. The van der Waals surface area contributed by atoms with E-state index in [1.807, 2.05) is 0 Å². The highest BCUT2D eigenvalue weighted by molar-refractivity contribution is 8.17. The second kappa shape index (κ2) is 9.48.